The summed E-state index contributed by atoms with van der Waals surface area (Å²) in [4.78, 5) is 22.0. The lowest BCUT2D eigenvalue weighted by atomic mass is 9.66. The summed E-state index contributed by atoms with van der Waals surface area (Å²) >= 11 is 0. The number of carboxylic acid groups (broad SMARTS) is 2. The predicted octanol–water partition coefficient (Wildman–Crippen LogP) is 1.84. The van der Waals surface area contributed by atoms with Crippen molar-refractivity contribution < 1.29 is 19.8 Å². The lowest BCUT2D eigenvalue weighted by molar-refractivity contribution is -0.154. The van der Waals surface area contributed by atoms with Gasteiger partial charge in [0.25, 0.3) is 0 Å². The molecule has 0 heterocycles. The second-order valence-corrected chi connectivity index (χ2v) is 4.41. The van der Waals surface area contributed by atoms with Crippen LogP contribution in [0.25, 0.3) is 0 Å². The quantitative estimate of drug-likeness (QED) is 0.751. The van der Waals surface area contributed by atoms with Crippen LogP contribution in [0.1, 0.15) is 33.1 Å². The summed E-state index contributed by atoms with van der Waals surface area (Å²) < 4.78 is 0. The third-order valence-corrected chi connectivity index (χ3v) is 3.68. The van der Waals surface area contributed by atoms with Gasteiger partial charge in [-0.3, -0.25) is 9.59 Å². The molecule has 0 spiro atoms. The zero-order chi connectivity index (χ0) is 11.6. The van der Waals surface area contributed by atoms with Crippen LogP contribution in [0.5, 0.6) is 0 Å². The van der Waals surface area contributed by atoms with Gasteiger partial charge in [0, 0.05) is 0 Å². The van der Waals surface area contributed by atoms with Gasteiger partial charge < -0.3 is 10.2 Å². The SMILES string of the molecule is CCC1CCC(C(=O)O)C(C)C1C(=O)O. The van der Waals surface area contributed by atoms with Crippen molar-refractivity contribution in [2.75, 3.05) is 0 Å². The molecule has 86 valence electrons. The molecule has 0 aromatic carbocycles. The summed E-state index contributed by atoms with van der Waals surface area (Å²) in [6.07, 6.45) is 2.14. The molecular weight excluding hydrogens is 196 g/mol. The van der Waals surface area contributed by atoms with Gasteiger partial charge in [-0.05, 0) is 24.7 Å². The molecule has 2 N–H and O–H groups in total. The monoisotopic (exact) mass is 214 g/mol. The molecule has 1 saturated carbocycles. The smallest absolute Gasteiger partial charge is 0.307 e. The Morgan fingerprint density at radius 1 is 1.20 bits per heavy atom. The summed E-state index contributed by atoms with van der Waals surface area (Å²) in [7, 11) is 0. The van der Waals surface area contributed by atoms with Crippen molar-refractivity contribution in [3.8, 4) is 0 Å². The Hall–Kier alpha value is -1.06. The number of rotatable bonds is 3. The number of hydrogen-bond donors (Lipinski definition) is 2. The van der Waals surface area contributed by atoms with E-state index in [9.17, 15) is 9.59 Å². The van der Waals surface area contributed by atoms with E-state index in [1.807, 2.05) is 6.92 Å². The Labute approximate surface area is 89.3 Å². The molecule has 1 aliphatic rings. The minimum Gasteiger partial charge on any atom is -0.481 e. The van der Waals surface area contributed by atoms with Crippen LogP contribution in [0.4, 0.5) is 0 Å². The molecule has 0 amide bonds. The van der Waals surface area contributed by atoms with E-state index in [1.54, 1.807) is 6.92 Å². The van der Waals surface area contributed by atoms with E-state index in [4.69, 9.17) is 10.2 Å². The Kier molecular flexibility index (Phi) is 3.72. The van der Waals surface area contributed by atoms with Gasteiger partial charge in [-0.15, -0.1) is 0 Å². The summed E-state index contributed by atoms with van der Waals surface area (Å²) in [6, 6.07) is 0. The van der Waals surface area contributed by atoms with E-state index in [2.05, 4.69) is 0 Å². The lowest BCUT2D eigenvalue weighted by Crippen LogP contribution is -2.40. The Bertz CT molecular complexity index is 261. The molecule has 0 aliphatic heterocycles. The number of hydrogen-bond acceptors (Lipinski definition) is 2. The normalized spacial score (nSPS) is 36.1. The van der Waals surface area contributed by atoms with Crippen molar-refractivity contribution in [2.24, 2.45) is 23.7 Å². The Balaban J connectivity index is 2.85. The van der Waals surface area contributed by atoms with Crippen LogP contribution in [0.15, 0.2) is 0 Å². The van der Waals surface area contributed by atoms with E-state index in [0.29, 0.717) is 6.42 Å². The van der Waals surface area contributed by atoms with Crippen LogP contribution in [0.3, 0.4) is 0 Å². The van der Waals surface area contributed by atoms with E-state index < -0.39 is 23.8 Å². The molecule has 4 unspecified atom stereocenters. The molecule has 0 radical (unpaired) electrons. The lowest BCUT2D eigenvalue weighted by Gasteiger charge is -2.37. The topological polar surface area (TPSA) is 74.6 Å². The first kappa shape index (κ1) is 12.0. The molecule has 1 aliphatic carbocycles. The van der Waals surface area contributed by atoms with Gasteiger partial charge in [0.2, 0.25) is 0 Å². The van der Waals surface area contributed by atoms with Gasteiger partial charge in [-0.2, -0.15) is 0 Å². The first-order chi connectivity index (χ1) is 6.99. The van der Waals surface area contributed by atoms with Crippen LogP contribution < -0.4 is 0 Å². The van der Waals surface area contributed by atoms with Crippen molar-refractivity contribution in [2.45, 2.75) is 33.1 Å². The molecular formula is C11H18O4. The zero-order valence-electron chi connectivity index (χ0n) is 9.14. The predicted molar refractivity (Wildman–Crippen MR) is 54.4 cm³/mol. The van der Waals surface area contributed by atoms with Gasteiger partial charge in [-0.1, -0.05) is 20.3 Å². The highest BCUT2D eigenvalue weighted by Gasteiger charge is 2.42. The number of carboxylic acids is 2. The van der Waals surface area contributed by atoms with E-state index in [1.165, 1.54) is 0 Å². The van der Waals surface area contributed by atoms with E-state index in [0.717, 1.165) is 12.8 Å². The second kappa shape index (κ2) is 4.64. The first-order valence-electron chi connectivity index (χ1n) is 5.44. The zero-order valence-corrected chi connectivity index (χ0v) is 9.14. The van der Waals surface area contributed by atoms with Crippen molar-refractivity contribution in [1.29, 1.82) is 0 Å². The van der Waals surface area contributed by atoms with Crippen LogP contribution in [0, 0.1) is 23.7 Å². The molecule has 1 rings (SSSR count). The van der Waals surface area contributed by atoms with Gasteiger partial charge in [0.15, 0.2) is 0 Å². The molecule has 1 fully saturated rings. The van der Waals surface area contributed by atoms with Crippen LogP contribution in [0.2, 0.25) is 0 Å². The molecule has 15 heavy (non-hydrogen) atoms. The molecule has 4 heteroatoms. The van der Waals surface area contributed by atoms with Crippen molar-refractivity contribution in [3.05, 3.63) is 0 Å². The summed E-state index contributed by atoms with van der Waals surface area (Å²) in [6.45, 7) is 3.72. The van der Waals surface area contributed by atoms with Crippen molar-refractivity contribution in [3.63, 3.8) is 0 Å². The Morgan fingerprint density at radius 3 is 2.20 bits per heavy atom. The van der Waals surface area contributed by atoms with Gasteiger partial charge >= 0.3 is 11.9 Å². The average molecular weight is 214 g/mol. The Morgan fingerprint density at radius 2 is 1.80 bits per heavy atom. The van der Waals surface area contributed by atoms with E-state index in [-0.39, 0.29) is 11.8 Å². The highest BCUT2D eigenvalue weighted by Crippen LogP contribution is 2.40. The number of carbonyl (C=O) groups is 2. The maximum Gasteiger partial charge on any atom is 0.307 e. The highest BCUT2D eigenvalue weighted by molar-refractivity contribution is 5.75. The minimum absolute atomic E-state index is 0.132. The fourth-order valence-electron chi connectivity index (χ4n) is 2.75. The fraction of sp³-hybridized carbons (Fsp3) is 0.818. The standard InChI is InChI=1S/C11H18O4/c1-3-7-4-5-8(10(12)13)6(2)9(7)11(14)15/h6-9H,3-5H2,1-2H3,(H,12,13)(H,14,15). The van der Waals surface area contributed by atoms with Crippen LogP contribution in [-0.2, 0) is 9.59 Å². The third-order valence-electron chi connectivity index (χ3n) is 3.68. The van der Waals surface area contributed by atoms with Crippen molar-refractivity contribution >= 4 is 11.9 Å². The molecule has 4 atom stereocenters. The largest absolute Gasteiger partial charge is 0.481 e. The highest BCUT2D eigenvalue weighted by atomic mass is 16.4. The maximum atomic E-state index is 11.1. The summed E-state index contributed by atoms with van der Waals surface area (Å²) in [5.74, 6) is -2.82. The minimum atomic E-state index is -0.858. The third kappa shape index (κ3) is 2.30. The summed E-state index contributed by atoms with van der Waals surface area (Å²) in [5, 5.41) is 18.1. The van der Waals surface area contributed by atoms with Crippen molar-refractivity contribution in [1.82, 2.24) is 0 Å². The van der Waals surface area contributed by atoms with Crippen LogP contribution >= 0.6 is 0 Å². The fourth-order valence-corrected chi connectivity index (χ4v) is 2.75. The second-order valence-electron chi connectivity index (χ2n) is 4.41. The van der Waals surface area contributed by atoms with E-state index >= 15 is 0 Å². The van der Waals surface area contributed by atoms with Crippen LogP contribution in [-0.4, -0.2) is 22.2 Å². The number of aliphatic carboxylic acids is 2. The molecule has 0 aromatic heterocycles. The molecule has 0 aromatic rings. The van der Waals surface area contributed by atoms with Gasteiger partial charge in [0.05, 0.1) is 11.8 Å². The van der Waals surface area contributed by atoms with Gasteiger partial charge in [0.1, 0.15) is 0 Å². The first-order valence-corrected chi connectivity index (χ1v) is 5.44. The molecule has 4 nitrogen and oxygen atoms in total. The molecule has 0 bridgehead atoms. The average Bonchev–Trinajstić information content (AvgIpc) is 2.15. The molecule has 0 saturated heterocycles. The van der Waals surface area contributed by atoms with Gasteiger partial charge in [-0.25, -0.2) is 0 Å². The summed E-state index contributed by atoms with van der Waals surface area (Å²) in [5.41, 5.74) is 0. The maximum absolute atomic E-state index is 11.1.